The second-order valence-electron chi connectivity index (χ2n) is 5.45. The summed E-state index contributed by atoms with van der Waals surface area (Å²) in [6.45, 7) is 2.42. The minimum atomic E-state index is -0.446. The van der Waals surface area contributed by atoms with Crippen LogP contribution in [0.5, 0.6) is 0 Å². The molecule has 0 aliphatic carbocycles. The van der Waals surface area contributed by atoms with Crippen LogP contribution in [-0.4, -0.2) is 17.4 Å². The number of nitrogens with one attached hydrogen (secondary N) is 1. The number of hydrogen-bond acceptors (Lipinski definition) is 3. The molecular formula is C18H20N2O3. The van der Waals surface area contributed by atoms with Crippen molar-refractivity contribution in [2.75, 3.05) is 6.54 Å². The Morgan fingerprint density at radius 2 is 1.78 bits per heavy atom. The van der Waals surface area contributed by atoms with E-state index in [-0.39, 0.29) is 17.5 Å². The van der Waals surface area contributed by atoms with E-state index in [1.54, 1.807) is 19.1 Å². The predicted molar refractivity (Wildman–Crippen MR) is 89.3 cm³/mol. The van der Waals surface area contributed by atoms with Gasteiger partial charge in [0.05, 0.1) is 10.8 Å². The molecule has 0 aliphatic rings. The summed E-state index contributed by atoms with van der Waals surface area (Å²) in [5.74, 6) is -0.389. The van der Waals surface area contributed by atoms with Gasteiger partial charge >= 0.3 is 0 Å². The Hall–Kier alpha value is -2.69. The molecule has 5 nitrogen and oxygen atoms in total. The van der Waals surface area contributed by atoms with Gasteiger partial charge in [-0.05, 0) is 30.9 Å². The number of nitro benzene ring substituents is 1. The van der Waals surface area contributed by atoms with E-state index in [4.69, 9.17) is 0 Å². The van der Waals surface area contributed by atoms with Crippen molar-refractivity contribution < 1.29 is 9.72 Å². The maximum absolute atomic E-state index is 12.1. The standard InChI is InChI=1S/C18H20N2O3/c1-14(16-9-11-17(12-10-16)20(22)23)18(21)19-13-5-8-15-6-3-2-4-7-15/h2-4,6-7,9-12,14H,5,8,13H2,1H3,(H,19,21)/t14-/m1/s1. The number of non-ortho nitro benzene ring substituents is 1. The molecule has 0 heterocycles. The van der Waals surface area contributed by atoms with Gasteiger partial charge in [-0.15, -0.1) is 0 Å². The Bertz CT molecular complexity index is 654. The fraction of sp³-hybridized carbons (Fsp3) is 0.278. The number of carbonyl (C=O) groups is 1. The van der Waals surface area contributed by atoms with E-state index < -0.39 is 4.92 Å². The fourth-order valence-corrected chi connectivity index (χ4v) is 2.34. The molecule has 0 radical (unpaired) electrons. The summed E-state index contributed by atoms with van der Waals surface area (Å²) in [6, 6.07) is 16.2. The maximum atomic E-state index is 12.1. The molecular weight excluding hydrogens is 292 g/mol. The number of benzene rings is 2. The monoisotopic (exact) mass is 312 g/mol. The molecule has 0 bridgehead atoms. The Balaban J connectivity index is 1.79. The lowest BCUT2D eigenvalue weighted by atomic mass is 10.00. The van der Waals surface area contributed by atoms with Crippen LogP contribution in [0.25, 0.3) is 0 Å². The van der Waals surface area contributed by atoms with Gasteiger partial charge in [0, 0.05) is 18.7 Å². The Morgan fingerprint density at radius 3 is 2.39 bits per heavy atom. The summed E-state index contributed by atoms with van der Waals surface area (Å²) in [6.07, 6.45) is 1.80. The van der Waals surface area contributed by atoms with Crippen molar-refractivity contribution >= 4 is 11.6 Å². The van der Waals surface area contributed by atoms with Crippen molar-refractivity contribution in [3.63, 3.8) is 0 Å². The van der Waals surface area contributed by atoms with Gasteiger partial charge in [-0.25, -0.2) is 0 Å². The highest BCUT2D eigenvalue weighted by atomic mass is 16.6. The van der Waals surface area contributed by atoms with Crippen LogP contribution in [0.2, 0.25) is 0 Å². The number of rotatable bonds is 7. The van der Waals surface area contributed by atoms with Crippen LogP contribution in [0.1, 0.15) is 30.4 Å². The molecule has 1 atom stereocenters. The zero-order valence-corrected chi connectivity index (χ0v) is 13.1. The highest BCUT2D eigenvalue weighted by Gasteiger charge is 2.15. The molecule has 2 rings (SSSR count). The third kappa shape index (κ3) is 4.92. The molecule has 0 spiro atoms. The first-order valence-corrected chi connectivity index (χ1v) is 7.64. The highest BCUT2D eigenvalue weighted by Crippen LogP contribution is 2.19. The van der Waals surface area contributed by atoms with Crippen LogP contribution in [0.3, 0.4) is 0 Å². The molecule has 0 aromatic heterocycles. The van der Waals surface area contributed by atoms with Crippen molar-refractivity contribution in [1.82, 2.24) is 5.32 Å². The van der Waals surface area contributed by atoms with Crippen LogP contribution < -0.4 is 5.32 Å². The number of hydrogen-bond donors (Lipinski definition) is 1. The van der Waals surface area contributed by atoms with Crippen LogP contribution in [-0.2, 0) is 11.2 Å². The van der Waals surface area contributed by atoms with Crippen LogP contribution >= 0.6 is 0 Å². The zero-order valence-electron chi connectivity index (χ0n) is 13.1. The minimum Gasteiger partial charge on any atom is -0.356 e. The Labute approximate surface area is 135 Å². The van der Waals surface area contributed by atoms with Gasteiger partial charge in [0.15, 0.2) is 0 Å². The van der Waals surface area contributed by atoms with E-state index in [1.165, 1.54) is 17.7 Å². The Morgan fingerprint density at radius 1 is 1.13 bits per heavy atom. The normalized spacial score (nSPS) is 11.7. The zero-order chi connectivity index (χ0) is 16.7. The van der Waals surface area contributed by atoms with Gasteiger partial charge in [0.25, 0.3) is 5.69 Å². The molecule has 23 heavy (non-hydrogen) atoms. The molecule has 5 heteroatoms. The van der Waals surface area contributed by atoms with E-state index in [2.05, 4.69) is 17.4 Å². The van der Waals surface area contributed by atoms with Gasteiger partial charge in [-0.1, -0.05) is 42.5 Å². The fourth-order valence-electron chi connectivity index (χ4n) is 2.34. The molecule has 2 aromatic rings. The van der Waals surface area contributed by atoms with Gasteiger partial charge in [-0.2, -0.15) is 0 Å². The SMILES string of the molecule is C[C@@H](C(=O)NCCCc1ccccc1)c1ccc([N+](=O)[O-])cc1. The van der Waals surface area contributed by atoms with Gasteiger partial charge in [-0.3, -0.25) is 14.9 Å². The van der Waals surface area contributed by atoms with E-state index in [1.807, 2.05) is 18.2 Å². The average molecular weight is 312 g/mol. The second-order valence-corrected chi connectivity index (χ2v) is 5.45. The number of amides is 1. The Kier molecular flexibility index (Phi) is 5.86. The average Bonchev–Trinajstić information content (AvgIpc) is 2.59. The summed E-state index contributed by atoms with van der Waals surface area (Å²) in [5, 5.41) is 13.5. The number of nitro groups is 1. The van der Waals surface area contributed by atoms with E-state index in [0.29, 0.717) is 6.54 Å². The number of aryl methyl sites for hydroxylation is 1. The van der Waals surface area contributed by atoms with E-state index in [0.717, 1.165) is 18.4 Å². The summed E-state index contributed by atoms with van der Waals surface area (Å²) in [7, 11) is 0. The topological polar surface area (TPSA) is 72.2 Å². The molecule has 1 N–H and O–H groups in total. The number of carbonyl (C=O) groups excluding carboxylic acids is 1. The molecule has 0 fully saturated rings. The summed E-state index contributed by atoms with van der Waals surface area (Å²) < 4.78 is 0. The van der Waals surface area contributed by atoms with Crippen LogP contribution in [0.15, 0.2) is 54.6 Å². The summed E-state index contributed by atoms with van der Waals surface area (Å²) in [4.78, 5) is 22.3. The third-order valence-electron chi connectivity index (χ3n) is 3.78. The molecule has 0 aliphatic heterocycles. The molecule has 2 aromatic carbocycles. The molecule has 120 valence electrons. The van der Waals surface area contributed by atoms with E-state index in [9.17, 15) is 14.9 Å². The first kappa shape index (κ1) is 16.7. The second kappa shape index (κ2) is 8.08. The van der Waals surface area contributed by atoms with Gasteiger partial charge in [0.1, 0.15) is 0 Å². The van der Waals surface area contributed by atoms with Crippen molar-refractivity contribution in [2.45, 2.75) is 25.7 Å². The highest BCUT2D eigenvalue weighted by molar-refractivity contribution is 5.83. The molecule has 0 unspecified atom stereocenters. The molecule has 0 saturated heterocycles. The smallest absolute Gasteiger partial charge is 0.269 e. The van der Waals surface area contributed by atoms with Crippen molar-refractivity contribution in [2.24, 2.45) is 0 Å². The van der Waals surface area contributed by atoms with Gasteiger partial charge < -0.3 is 5.32 Å². The lowest BCUT2D eigenvalue weighted by molar-refractivity contribution is -0.384. The third-order valence-corrected chi connectivity index (χ3v) is 3.78. The van der Waals surface area contributed by atoms with Crippen molar-refractivity contribution in [3.8, 4) is 0 Å². The first-order valence-electron chi connectivity index (χ1n) is 7.64. The summed E-state index contributed by atoms with van der Waals surface area (Å²) >= 11 is 0. The van der Waals surface area contributed by atoms with Crippen LogP contribution in [0.4, 0.5) is 5.69 Å². The van der Waals surface area contributed by atoms with E-state index >= 15 is 0 Å². The number of nitrogens with zero attached hydrogens (tertiary/aromatic N) is 1. The lowest BCUT2D eigenvalue weighted by Crippen LogP contribution is -2.29. The molecule has 1 amide bonds. The maximum Gasteiger partial charge on any atom is 0.269 e. The quantitative estimate of drug-likeness (QED) is 0.483. The van der Waals surface area contributed by atoms with Crippen molar-refractivity contribution in [3.05, 3.63) is 75.8 Å². The largest absolute Gasteiger partial charge is 0.356 e. The first-order chi connectivity index (χ1) is 11.1. The van der Waals surface area contributed by atoms with Gasteiger partial charge in [0.2, 0.25) is 5.91 Å². The summed E-state index contributed by atoms with van der Waals surface area (Å²) in [5.41, 5.74) is 2.06. The minimum absolute atomic E-state index is 0.0317. The predicted octanol–water partition coefficient (Wildman–Crippen LogP) is 3.45. The lowest BCUT2D eigenvalue weighted by Gasteiger charge is -2.12. The van der Waals surface area contributed by atoms with Crippen LogP contribution in [0, 0.1) is 10.1 Å². The molecule has 0 saturated carbocycles. The van der Waals surface area contributed by atoms with Crippen molar-refractivity contribution in [1.29, 1.82) is 0 Å².